The minimum Gasteiger partial charge on any atom is -0.465 e. The van der Waals surface area contributed by atoms with E-state index in [2.05, 4.69) is 9.46 Å². The first-order valence-corrected chi connectivity index (χ1v) is 8.21. The Balaban J connectivity index is 2.40. The SMILES string of the molecule is COC(=O)c1ccc(C)c(NS(=O)(=O)c2ccc(F)c(C)c2)c1. The molecule has 1 N–H and O–H groups in total. The lowest BCUT2D eigenvalue weighted by Crippen LogP contribution is -2.15. The number of carbonyl (C=O) groups excluding carboxylic acids is 1. The number of sulfonamides is 1. The fourth-order valence-corrected chi connectivity index (χ4v) is 3.17. The fourth-order valence-electron chi connectivity index (χ4n) is 1.96. The van der Waals surface area contributed by atoms with Gasteiger partial charge in [0.25, 0.3) is 10.0 Å². The van der Waals surface area contributed by atoms with Gasteiger partial charge in [0, 0.05) is 0 Å². The van der Waals surface area contributed by atoms with Gasteiger partial charge in [0.1, 0.15) is 5.82 Å². The maximum absolute atomic E-state index is 13.3. The molecule has 0 saturated carbocycles. The molecule has 2 rings (SSSR count). The molecule has 2 aromatic rings. The molecule has 5 nitrogen and oxygen atoms in total. The predicted molar refractivity (Wildman–Crippen MR) is 84.5 cm³/mol. The second kappa shape index (κ2) is 6.37. The third-order valence-corrected chi connectivity index (χ3v) is 4.71. The Bertz CT molecular complexity index is 862. The van der Waals surface area contributed by atoms with Crippen molar-refractivity contribution in [3.05, 3.63) is 58.9 Å². The van der Waals surface area contributed by atoms with Crippen molar-refractivity contribution in [1.82, 2.24) is 0 Å². The number of carbonyl (C=O) groups is 1. The molecule has 0 amide bonds. The van der Waals surface area contributed by atoms with E-state index in [4.69, 9.17) is 0 Å². The van der Waals surface area contributed by atoms with Gasteiger partial charge < -0.3 is 4.74 Å². The van der Waals surface area contributed by atoms with Gasteiger partial charge in [-0.05, 0) is 55.3 Å². The first kappa shape index (κ1) is 17.0. The van der Waals surface area contributed by atoms with Gasteiger partial charge in [-0.3, -0.25) is 4.72 Å². The molecule has 0 atom stereocenters. The highest BCUT2D eigenvalue weighted by Crippen LogP contribution is 2.22. The lowest BCUT2D eigenvalue weighted by molar-refractivity contribution is 0.0601. The summed E-state index contributed by atoms with van der Waals surface area (Å²) >= 11 is 0. The first-order chi connectivity index (χ1) is 10.7. The van der Waals surface area contributed by atoms with E-state index >= 15 is 0 Å². The number of anilines is 1. The molecule has 0 bridgehead atoms. The summed E-state index contributed by atoms with van der Waals surface area (Å²) in [5, 5.41) is 0. The number of ether oxygens (including phenoxy) is 1. The van der Waals surface area contributed by atoms with Crippen molar-refractivity contribution in [3.8, 4) is 0 Å². The highest BCUT2D eigenvalue weighted by Gasteiger charge is 2.17. The lowest BCUT2D eigenvalue weighted by Gasteiger charge is -2.12. The molecule has 0 radical (unpaired) electrons. The average molecular weight is 337 g/mol. The van der Waals surface area contributed by atoms with Crippen molar-refractivity contribution in [2.45, 2.75) is 18.7 Å². The Labute approximate surface area is 134 Å². The quantitative estimate of drug-likeness (QED) is 0.871. The highest BCUT2D eigenvalue weighted by molar-refractivity contribution is 7.92. The van der Waals surface area contributed by atoms with Crippen LogP contribution in [0.2, 0.25) is 0 Å². The largest absolute Gasteiger partial charge is 0.465 e. The highest BCUT2D eigenvalue weighted by atomic mass is 32.2. The zero-order chi connectivity index (χ0) is 17.2. The lowest BCUT2D eigenvalue weighted by atomic mass is 10.1. The Kier molecular flexibility index (Phi) is 4.70. The number of aryl methyl sites for hydroxylation is 2. The zero-order valence-corrected chi connectivity index (χ0v) is 13.7. The van der Waals surface area contributed by atoms with Gasteiger partial charge in [-0.1, -0.05) is 6.07 Å². The molecular formula is C16H16FNO4S. The summed E-state index contributed by atoms with van der Waals surface area (Å²) in [4.78, 5) is 11.5. The van der Waals surface area contributed by atoms with Gasteiger partial charge in [-0.15, -0.1) is 0 Å². The summed E-state index contributed by atoms with van der Waals surface area (Å²) in [5.41, 5.74) is 1.36. The van der Waals surface area contributed by atoms with E-state index < -0.39 is 21.8 Å². The predicted octanol–water partition coefficient (Wildman–Crippen LogP) is 3.03. The number of methoxy groups -OCH3 is 1. The Hall–Kier alpha value is -2.41. The van der Waals surface area contributed by atoms with Gasteiger partial charge >= 0.3 is 5.97 Å². The fraction of sp³-hybridized carbons (Fsp3) is 0.188. The number of halogens is 1. The smallest absolute Gasteiger partial charge is 0.337 e. The number of hydrogen-bond donors (Lipinski definition) is 1. The summed E-state index contributed by atoms with van der Waals surface area (Å²) in [5.74, 6) is -1.05. The van der Waals surface area contributed by atoms with Crippen LogP contribution in [0, 0.1) is 19.7 Å². The van der Waals surface area contributed by atoms with Gasteiger partial charge in [-0.2, -0.15) is 0 Å². The van der Waals surface area contributed by atoms with Gasteiger partial charge in [0.05, 0.1) is 23.3 Å². The third kappa shape index (κ3) is 3.68. The van der Waals surface area contributed by atoms with Crippen molar-refractivity contribution in [1.29, 1.82) is 0 Å². The number of nitrogens with one attached hydrogen (secondary N) is 1. The minimum absolute atomic E-state index is 0.0562. The summed E-state index contributed by atoms with van der Waals surface area (Å²) < 4.78 is 45.2. The van der Waals surface area contributed by atoms with Crippen molar-refractivity contribution in [2.75, 3.05) is 11.8 Å². The number of rotatable bonds is 4. The molecule has 0 heterocycles. The zero-order valence-electron chi connectivity index (χ0n) is 12.9. The van der Waals surface area contributed by atoms with Crippen molar-refractivity contribution >= 4 is 21.7 Å². The van der Waals surface area contributed by atoms with Crippen LogP contribution in [0.1, 0.15) is 21.5 Å². The normalized spacial score (nSPS) is 11.1. The van der Waals surface area contributed by atoms with Gasteiger partial charge in [0.15, 0.2) is 0 Å². The Morgan fingerprint density at radius 3 is 2.39 bits per heavy atom. The van der Waals surface area contributed by atoms with Crippen LogP contribution in [0.4, 0.5) is 10.1 Å². The van der Waals surface area contributed by atoms with Gasteiger partial charge in [-0.25, -0.2) is 17.6 Å². The van der Waals surface area contributed by atoms with Crippen LogP contribution < -0.4 is 4.72 Å². The molecule has 0 aliphatic rings. The minimum atomic E-state index is -3.89. The topological polar surface area (TPSA) is 72.5 Å². The second-order valence-electron chi connectivity index (χ2n) is 5.04. The van der Waals surface area contributed by atoms with E-state index in [1.165, 1.54) is 32.2 Å². The molecule has 0 aliphatic heterocycles. The summed E-state index contributed by atoms with van der Waals surface area (Å²) in [6, 6.07) is 8.08. The molecule has 0 fully saturated rings. The van der Waals surface area contributed by atoms with E-state index in [1.54, 1.807) is 19.1 Å². The van der Waals surface area contributed by atoms with Crippen LogP contribution in [-0.4, -0.2) is 21.5 Å². The van der Waals surface area contributed by atoms with Crippen molar-refractivity contribution < 1.29 is 22.3 Å². The Morgan fingerprint density at radius 1 is 1.09 bits per heavy atom. The number of benzene rings is 2. The number of hydrogen-bond acceptors (Lipinski definition) is 4. The maximum atomic E-state index is 13.3. The summed E-state index contributed by atoms with van der Waals surface area (Å²) in [6.07, 6.45) is 0. The standard InChI is InChI=1S/C16H16FNO4S/c1-10-4-5-12(16(19)22-3)9-15(10)18-23(20,21)13-6-7-14(17)11(2)8-13/h4-9,18H,1-3H3. The molecular weight excluding hydrogens is 321 g/mol. The maximum Gasteiger partial charge on any atom is 0.337 e. The molecule has 0 spiro atoms. The van der Waals surface area contributed by atoms with Crippen LogP contribution in [0.5, 0.6) is 0 Å². The van der Waals surface area contributed by atoms with Gasteiger partial charge in [0.2, 0.25) is 0 Å². The van der Waals surface area contributed by atoms with Crippen LogP contribution in [-0.2, 0) is 14.8 Å². The molecule has 122 valence electrons. The molecule has 7 heteroatoms. The third-order valence-electron chi connectivity index (χ3n) is 3.34. The molecule has 0 aliphatic carbocycles. The van der Waals surface area contributed by atoms with E-state index in [-0.39, 0.29) is 21.7 Å². The average Bonchev–Trinajstić information content (AvgIpc) is 2.51. The van der Waals surface area contributed by atoms with Crippen molar-refractivity contribution in [3.63, 3.8) is 0 Å². The monoisotopic (exact) mass is 337 g/mol. The van der Waals surface area contributed by atoms with E-state index in [0.29, 0.717) is 5.56 Å². The van der Waals surface area contributed by atoms with Crippen LogP contribution in [0.15, 0.2) is 41.3 Å². The van der Waals surface area contributed by atoms with E-state index in [1.807, 2.05) is 0 Å². The van der Waals surface area contributed by atoms with Crippen molar-refractivity contribution in [2.24, 2.45) is 0 Å². The Morgan fingerprint density at radius 2 is 1.78 bits per heavy atom. The van der Waals surface area contributed by atoms with Crippen LogP contribution in [0.25, 0.3) is 0 Å². The summed E-state index contributed by atoms with van der Waals surface area (Å²) in [6.45, 7) is 3.19. The molecule has 0 unspecified atom stereocenters. The van der Waals surface area contributed by atoms with E-state index in [0.717, 1.165) is 6.07 Å². The molecule has 0 aromatic heterocycles. The van der Waals surface area contributed by atoms with Crippen LogP contribution in [0.3, 0.4) is 0 Å². The summed E-state index contributed by atoms with van der Waals surface area (Å²) in [7, 11) is -2.65. The van der Waals surface area contributed by atoms with E-state index in [9.17, 15) is 17.6 Å². The van der Waals surface area contributed by atoms with Crippen LogP contribution >= 0.6 is 0 Å². The second-order valence-corrected chi connectivity index (χ2v) is 6.72. The molecule has 0 saturated heterocycles. The first-order valence-electron chi connectivity index (χ1n) is 6.72. The molecule has 23 heavy (non-hydrogen) atoms. The molecule has 2 aromatic carbocycles. The number of esters is 1.